The molecule has 0 radical (unpaired) electrons. The molecule has 5 nitrogen and oxygen atoms in total. The Hall–Kier alpha value is -3.02. The van der Waals surface area contributed by atoms with E-state index in [0.717, 1.165) is 12.4 Å². The zero-order chi connectivity index (χ0) is 17.5. The van der Waals surface area contributed by atoms with E-state index in [1.54, 1.807) is 18.3 Å². The molecule has 3 rings (SSSR count). The average Bonchev–Trinajstić information content (AvgIpc) is 2.64. The normalized spacial score (nSPS) is 10.5. The number of anilines is 2. The fraction of sp³-hybridized carbons (Fsp3) is 0.211. The van der Waals surface area contributed by atoms with E-state index >= 15 is 0 Å². The molecule has 1 heterocycles. The monoisotopic (exact) mass is 337 g/mol. The first-order valence-electron chi connectivity index (χ1n) is 8.14. The third kappa shape index (κ3) is 4.73. The van der Waals surface area contributed by atoms with Crippen molar-refractivity contribution in [1.29, 1.82) is 0 Å². The summed E-state index contributed by atoms with van der Waals surface area (Å²) in [6.07, 6.45) is 2.19. The lowest BCUT2D eigenvalue weighted by Crippen LogP contribution is -2.19. The Bertz CT molecular complexity index is 810. The van der Waals surface area contributed by atoms with E-state index in [2.05, 4.69) is 32.6 Å². The molecule has 0 saturated heterocycles. The fourth-order valence-corrected chi connectivity index (χ4v) is 2.50. The van der Waals surface area contributed by atoms with Crippen LogP contribution < -0.4 is 10.2 Å². The van der Waals surface area contributed by atoms with Crippen LogP contribution in [0.1, 0.15) is 11.1 Å². The summed E-state index contributed by atoms with van der Waals surface area (Å²) in [6, 6.07) is 16.9. The van der Waals surface area contributed by atoms with Crippen LogP contribution in [0.15, 0.2) is 60.8 Å². The minimum absolute atomic E-state index is 0.195. The summed E-state index contributed by atoms with van der Waals surface area (Å²) in [5.41, 5.74) is 1.86. The largest absolute Gasteiger partial charge is 0.354 e. The van der Waals surface area contributed by atoms with Gasteiger partial charge >= 0.3 is 0 Å². The Labute approximate surface area is 146 Å². The Morgan fingerprint density at radius 3 is 2.60 bits per heavy atom. The third-order valence-electron chi connectivity index (χ3n) is 3.84. The molecule has 0 saturated carbocycles. The minimum Gasteiger partial charge on any atom is -0.354 e. The summed E-state index contributed by atoms with van der Waals surface area (Å²) in [7, 11) is 1.96. The fourth-order valence-electron chi connectivity index (χ4n) is 2.50. The Balaban J connectivity index is 1.58. The molecule has 0 fully saturated rings. The van der Waals surface area contributed by atoms with Crippen molar-refractivity contribution >= 4 is 11.8 Å². The van der Waals surface area contributed by atoms with Gasteiger partial charge < -0.3 is 10.2 Å². The molecule has 128 valence electrons. The maximum Gasteiger partial charge on any atom is 0.244 e. The number of hydrogen-bond acceptors (Lipinski definition) is 5. The summed E-state index contributed by atoms with van der Waals surface area (Å²) in [5, 5.41) is 11.1. The van der Waals surface area contributed by atoms with Gasteiger partial charge in [-0.25, -0.2) is 4.39 Å². The van der Waals surface area contributed by atoms with E-state index < -0.39 is 0 Å². The van der Waals surface area contributed by atoms with Gasteiger partial charge in [0.2, 0.25) is 5.95 Å². The maximum absolute atomic E-state index is 13.6. The van der Waals surface area contributed by atoms with Crippen molar-refractivity contribution in [2.24, 2.45) is 0 Å². The summed E-state index contributed by atoms with van der Waals surface area (Å²) in [5.74, 6) is 0.973. The molecule has 0 aliphatic carbocycles. The van der Waals surface area contributed by atoms with Crippen LogP contribution in [0, 0.1) is 5.82 Å². The summed E-state index contributed by atoms with van der Waals surface area (Å²) in [6.45, 7) is 1.27. The third-order valence-corrected chi connectivity index (χ3v) is 3.84. The van der Waals surface area contributed by atoms with Gasteiger partial charge in [0, 0.05) is 20.1 Å². The molecule has 0 aliphatic heterocycles. The number of rotatable bonds is 7. The van der Waals surface area contributed by atoms with Gasteiger partial charge in [-0.1, -0.05) is 48.5 Å². The molecule has 0 unspecified atom stereocenters. The number of nitrogens with zero attached hydrogens (tertiary/aromatic N) is 4. The number of benzene rings is 2. The molecule has 0 spiro atoms. The zero-order valence-electron chi connectivity index (χ0n) is 14.1. The molecule has 6 heteroatoms. The SMILES string of the molecule is CN(Cc1ccccc1)c1cnnc(NCCc2ccccc2F)n1. The lowest BCUT2D eigenvalue weighted by atomic mass is 10.1. The van der Waals surface area contributed by atoms with Gasteiger partial charge in [0.15, 0.2) is 5.82 Å². The van der Waals surface area contributed by atoms with Crippen LogP contribution in [0.3, 0.4) is 0 Å². The second-order valence-corrected chi connectivity index (χ2v) is 5.75. The van der Waals surface area contributed by atoms with Crippen LogP contribution in [0.25, 0.3) is 0 Å². The predicted molar refractivity (Wildman–Crippen MR) is 97.0 cm³/mol. The standard InChI is InChI=1S/C19H20FN5/c1-25(14-15-7-3-2-4-8-15)18-13-22-24-19(23-18)21-12-11-16-9-5-6-10-17(16)20/h2-10,13H,11-12,14H2,1H3,(H,21,23,24). The van der Waals surface area contributed by atoms with E-state index in [0.29, 0.717) is 24.5 Å². The van der Waals surface area contributed by atoms with Crippen molar-refractivity contribution in [3.63, 3.8) is 0 Å². The topological polar surface area (TPSA) is 53.9 Å². The van der Waals surface area contributed by atoms with E-state index in [4.69, 9.17) is 0 Å². The van der Waals surface area contributed by atoms with Crippen LogP contribution in [0.5, 0.6) is 0 Å². The zero-order valence-corrected chi connectivity index (χ0v) is 14.1. The molecule has 2 aromatic carbocycles. The van der Waals surface area contributed by atoms with Crippen molar-refractivity contribution in [2.75, 3.05) is 23.8 Å². The minimum atomic E-state index is -0.195. The molecule has 0 atom stereocenters. The summed E-state index contributed by atoms with van der Waals surface area (Å²) < 4.78 is 13.6. The highest BCUT2D eigenvalue weighted by atomic mass is 19.1. The summed E-state index contributed by atoms with van der Waals surface area (Å²) in [4.78, 5) is 6.48. The first-order chi connectivity index (χ1) is 12.2. The van der Waals surface area contributed by atoms with Crippen LogP contribution in [0.2, 0.25) is 0 Å². The number of hydrogen-bond donors (Lipinski definition) is 1. The average molecular weight is 337 g/mol. The Morgan fingerprint density at radius 2 is 1.80 bits per heavy atom. The second kappa shape index (κ2) is 8.19. The van der Waals surface area contributed by atoms with E-state index in [-0.39, 0.29) is 5.82 Å². The molecule has 0 amide bonds. The number of nitrogens with one attached hydrogen (secondary N) is 1. The maximum atomic E-state index is 13.6. The second-order valence-electron chi connectivity index (χ2n) is 5.75. The van der Waals surface area contributed by atoms with E-state index in [9.17, 15) is 4.39 Å². The quantitative estimate of drug-likeness (QED) is 0.717. The molecule has 3 aromatic rings. The van der Waals surface area contributed by atoms with Crippen LogP contribution in [-0.2, 0) is 13.0 Å². The molecule has 25 heavy (non-hydrogen) atoms. The molecular formula is C19H20FN5. The van der Waals surface area contributed by atoms with Crippen molar-refractivity contribution < 1.29 is 4.39 Å². The highest BCUT2D eigenvalue weighted by Gasteiger charge is 2.07. The first-order valence-corrected chi connectivity index (χ1v) is 8.14. The van der Waals surface area contributed by atoms with E-state index in [1.807, 2.05) is 36.2 Å². The molecule has 1 N–H and O–H groups in total. The molecule has 0 bridgehead atoms. The van der Waals surface area contributed by atoms with Gasteiger partial charge in [-0.05, 0) is 23.6 Å². The van der Waals surface area contributed by atoms with Crippen molar-refractivity contribution in [1.82, 2.24) is 15.2 Å². The van der Waals surface area contributed by atoms with Crippen LogP contribution in [0.4, 0.5) is 16.2 Å². The van der Waals surface area contributed by atoms with Gasteiger partial charge in [-0.15, -0.1) is 5.10 Å². The van der Waals surface area contributed by atoms with Gasteiger partial charge in [0.05, 0.1) is 6.20 Å². The molecular weight excluding hydrogens is 317 g/mol. The molecule has 1 aromatic heterocycles. The lowest BCUT2D eigenvalue weighted by Gasteiger charge is -2.18. The highest BCUT2D eigenvalue weighted by Crippen LogP contribution is 2.13. The number of aromatic nitrogens is 3. The summed E-state index contributed by atoms with van der Waals surface area (Å²) >= 11 is 0. The van der Waals surface area contributed by atoms with Crippen LogP contribution >= 0.6 is 0 Å². The van der Waals surface area contributed by atoms with Crippen LogP contribution in [-0.4, -0.2) is 28.8 Å². The van der Waals surface area contributed by atoms with Gasteiger partial charge in [-0.2, -0.15) is 10.1 Å². The van der Waals surface area contributed by atoms with Gasteiger partial charge in [0.25, 0.3) is 0 Å². The van der Waals surface area contributed by atoms with Crippen molar-refractivity contribution in [3.05, 3.63) is 77.7 Å². The Morgan fingerprint density at radius 1 is 1.04 bits per heavy atom. The Kier molecular flexibility index (Phi) is 5.51. The first kappa shape index (κ1) is 16.8. The smallest absolute Gasteiger partial charge is 0.244 e. The highest BCUT2D eigenvalue weighted by molar-refractivity contribution is 5.40. The predicted octanol–water partition coefficient (Wildman–Crippen LogP) is 3.30. The number of halogens is 1. The molecule has 0 aliphatic rings. The van der Waals surface area contributed by atoms with Gasteiger partial charge in [0.1, 0.15) is 5.82 Å². The van der Waals surface area contributed by atoms with Crippen molar-refractivity contribution in [3.8, 4) is 0 Å². The lowest BCUT2D eigenvalue weighted by molar-refractivity contribution is 0.610. The van der Waals surface area contributed by atoms with Crippen molar-refractivity contribution in [2.45, 2.75) is 13.0 Å². The van der Waals surface area contributed by atoms with Gasteiger partial charge in [-0.3, -0.25) is 0 Å². The van der Waals surface area contributed by atoms with E-state index in [1.165, 1.54) is 11.6 Å².